The number of thioether (sulfide) groups is 1. The molecule has 27 heavy (non-hydrogen) atoms. The summed E-state index contributed by atoms with van der Waals surface area (Å²) in [7, 11) is 0. The summed E-state index contributed by atoms with van der Waals surface area (Å²) in [5, 5.41) is 9.62. The topological polar surface area (TPSA) is 61.9 Å². The Morgan fingerprint density at radius 1 is 1.26 bits per heavy atom. The van der Waals surface area contributed by atoms with Crippen molar-refractivity contribution in [3.63, 3.8) is 0 Å². The van der Waals surface area contributed by atoms with Crippen molar-refractivity contribution in [1.82, 2.24) is 9.55 Å². The third-order valence-electron chi connectivity index (χ3n) is 4.15. The molecule has 7 heteroatoms. The highest BCUT2D eigenvalue weighted by molar-refractivity contribution is 7.99. The van der Waals surface area contributed by atoms with Crippen LogP contribution in [0.2, 0.25) is 0 Å². The molecule has 0 radical (unpaired) electrons. The second-order valence-corrected chi connectivity index (χ2v) is 6.76. The lowest BCUT2D eigenvalue weighted by atomic mass is 10.2. The minimum absolute atomic E-state index is 0.114. The number of hydrogen-bond acceptors (Lipinski definition) is 4. The Balaban J connectivity index is 1.80. The summed E-state index contributed by atoms with van der Waals surface area (Å²) in [6.07, 6.45) is 0.137. The molecule has 3 aromatic rings. The van der Waals surface area contributed by atoms with Crippen molar-refractivity contribution in [2.24, 2.45) is 0 Å². The monoisotopic (exact) mass is 382 g/mol. The van der Waals surface area contributed by atoms with Gasteiger partial charge in [-0.25, -0.2) is 9.37 Å². The van der Waals surface area contributed by atoms with Crippen molar-refractivity contribution in [3.8, 4) is 6.07 Å². The number of para-hydroxylation sites is 3. The van der Waals surface area contributed by atoms with E-state index in [1.807, 2.05) is 37.3 Å². The maximum atomic E-state index is 14.1. The molecule has 0 bridgehead atoms. The molecular weight excluding hydrogens is 363 g/mol. The smallest absolute Gasteiger partial charge is 0.237 e. The highest BCUT2D eigenvalue weighted by Gasteiger charge is 2.20. The molecule has 1 heterocycles. The van der Waals surface area contributed by atoms with E-state index in [9.17, 15) is 9.18 Å². The van der Waals surface area contributed by atoms with E-state index in [-0.39, 0.29) is 30.3 Å². The number of carbonyl (C=O) groups excluding carboxylic acids is 1. The number of imidazole rings is 1. The second-order valence-electron chi connectivity index (χ2n) is 5.82. The van der Waals surface area contributed by atoms with E-state index in [2.05, 4.69) is 9.55 Å². The largest absolute Gasteiger partial charge is 0.319 e. The van der Waals surface area contributed by atoms with Crippen LogP contribution in [0.5, 0.6) is 0 Å². The number of aromatic nitrogens is 2. The number of aryl methyl sites for hydroxylation is 1. The van der Waals surface area contributed by atoms with Crippen molar-refractivity contribution in [1.29, 1.82) is 5.26 Å². The van der Waals surface area contributed by atoms with E-state index in [1.165, 1.54) is 22.7 Å². The van der Waals surface area contributed by atoms with Crippen LogP contribution in [0, 0.1) is 17.1 Å². The fourth-order valence-corrected chi connectivity index (χ4v) is 3.84. The molecule has 0 saturated carbocycles. The fourth-order valence-electron chi connectivity index (χ4n) is 2.89. The molecular formula is C20H19FN4OS. The number of nitrogens with zero attached hydrogens (tertiary/aromatic N) is 4. The van der Waals surface area contributed by atoms with Crippen molar-refractivity contribution < 1.29 is 9.18 Å². The number of fused-ring (bicyclic) bond motifs is 1. The molecule has 0 aliphatic heterocycles. The highest BCUT2D eigenvalue weighted by atomic mass is 32.2. The maximum absolute atomic E-state index is 14.1. The van der Waals surface area contributed by atoms with Gasteiger partial charge in [0.15, 0.2) is 5.16 Å². The minimum atomic E-state index is -0.477. The third kappa shape index (κ3) is 4.12. The van der Waals surface area contributed by atoms with Gasteiger partial charge < -0.3 is 9.47 Å². The number of hydrogen-bond donors (Lipinski definition) is 0. The van der Waals surface area contributed by atoms with Gasteiger partial charge in [0.05, 0.1) is 35.0 Å². The Bertz CT molecular complexity index is 995. The van der Waals surface area contributed by atoms with Crippen LogP contribution < -0.4 is 4.90 Å². The van der Waals surface area contributed by atoms with Crippen LogP contribution in [0.25, 0.3) is 11.0 Å². The SMILES string of the molecule is CCn1c(SCC(=O)N(CCC#N)c2ccccc2F)nc2ccccc21. The van der Waals surface area contributed by atoms with E-state index >= 15 is 0 Å². The average molecular weight is 382 g/mol. The van der Waals surface area contributed by atoms with Crippen LogP contribution in [0.15, 0.2) is 53.7 Å². The predicted molar refractivity (Wildman–Crippen MR) is 105 cm³/mol. The lowest BCUT2D eigenvalue weighted by Crippen LogP contribution is -2.34. The average Bonchev–Trinajstić information content (AvgIpc) is 3.05. The normalized spacial score (nSPS) is 10.7. The van der Waals surface area contributed by atoms with Crippen molar-refractivity contribution >= 4 is 34.4 Å². The van der Waals surface area contributed by atoms with E-state index in [1.54, 1.807) is 18.2 Å². The summed E-state index contributed by atoms with van der Waals surface area (Å²) in [6.45, 7) is 2.92. The molecule has 0 N–H and O–H groups in total. The number of benzene rings is 2. The van der Waals surface area contributed by atoms with Gasteiger partial charge in [0.2, 0.25) is 5.91 Å². The Morgan fingerprint density at radius 2 is 2.00 bits per heavy atom. The van der Waals surface area contributed by atoms with Gasteiger partial charge in [0.25, 0.3) is 0 Å². The molecule has 0 unspecified atom stereocenters. The lowest BCUT2D eigenvalue weighted by molar-refractivity contribution is -0.116. The molecule has 138 valence electrons. The number of halogens is 1. The van der Waals surface area contributed by atoms with Gasteiger partial charge in [-0.15, -0.1) is 0 Å². The van der Waals surface area contributed by atoms with Crippen LogP contribution in [-0.2, 0) is 11.3 Å². The van der Waals surface area contributed by atoms with E-state index < -0.39 is 5.82 Å². The van der Waals surface area contributed by atoms with Crippen LogP contribution in [0.3, 0.4) is 0 Å². The summed E-state index contributed by atoms with van der Waals surface area (Å²) >= 11 is 1.32. The van der Waals surface area contributed by atoms with Crippen LogP contribution in [0.1, 0.15) is 13.3 Å². The Kier molecular flexibility index (Phi) is 6.09. The lowest BCUT2D eigenvalue weighted by Gasteiger charge is -2.22. The van der Waals surface area contributed by atoms with Gasteiger partial charge in [0, 0.05) is 13.1 Å². The zero-order valence-corrected chi connectivity index (χ0v) is 15.7. The second kappa shape index (κ2) is 8.69. The number of amides is 1. The third-order valence-corrected chi connectivity index (χ3v) is 5.11. The Morgan fingerprint density at radius 3 is 2.74 bits per heavy atom. The first-order chi connectivity index (χ1) is 13.2. The predicted octanol–water partition coefficient (Wildman–Crippen LogP) is 4.23. The number of anilines is 1. The summed E-state index contributed by atoms with van der Waals surface area (Å²) in [5.41, 5.74) is 2.09. The Hall–Kier alpha value is -2.85. The molecule has 2 aromatic carbocycles. The standard InChI is InChI=1S/C20H19FN4OS/c1-2-24-18-11-6-4-9-16(18)23-20(24)27-14-19(26)25(13-7-12-22)17-10-5-3-8-15(17)21/h3-6,8-11H,2,7,13-14H2,1H3. The number of rotatable bonds is 7. The van der Waals surface area contributed by atoms with Crippen molar-refractivity contribution in [2.75, 3.05) is 17.2 Å². The van der Waals surface area contributed by atoms with E-state index in [0.717, 1.165) is 22.7 Å². The highest BCUT2D eigenvalue weighted by Crippen LogP contribution is 2.26. The number of nitriles is 1. The fraction of sp³-hybridized carbons (Fsp3) is 0.250. The molecule has 3 rings (SSSR count). The summed E-state index contributed by atoms with van der Waals surface area (Å²) in [5.74, 6) is -0.618. The van der Waals surface area contributed by atoms with Crippen molar-refractivity contribution in [2.45, 2.75) is 25.0 Å². The number of carbonyl (C=O) groups is 1. The molecule has 0 fully saturated rings. The zero-order valence-electron chi connectivity index (χ0n) is 14.9. The van der Waals surface area contributed by atoms with Crippen LogP contribution in [0.4, 0.5) is 10.1 Å². The van der Waals surface area contributed by atoms with Crippen LogP contribution in [-0.4, -0.2) is 27.8 Å². The zero-order chi connectivity index (χ0) is 19.2. The van der Waals surface area contributed by atoms with E-state index in [4.69, 9.17) is 5.26 Å². The molecule has 0 saturated heterocycles. The summed E-state index contributed by atoms with van der Waals surface area (Å²) < 4.78 is 16.2. The van der Waals surface area contributed by atoms with Gasteiger partial charge in [-0.05, 0) is 31.2 Å². The summed E-state index contributed by atoms with van der Waals surface area (Å²) in [4.78, 5) is 18.7. The van der Waals surface area contributed by atoms with E-state index in [0.29, 0.717) is 0 Å². The molecule has 0 atom stereocenters. The molecule has 1 amide bonds. The molecule has 0 spiro atoms. The molecule has 0 aliphatic carbocycles. The maximum Gasteiger partial charge on any atom is 0.237 e. The first-order valence-electron chi connectivity index (χ1n) is 8.65. The molecule has 0 aliphatic rings. The first-order valence-corrected chi connectivity index (χ1v) is 9.64. The molecule has 1 aromatic heterocycles. The van der Waals surface area contributed by atoms with Crippen LogP contribution >= 0.6 is 11.8 Å². The molecule has 5 nitrogen and oxygen atoms in total. The van der Waals surface area contributed by atoms with Gasteiger partial charge in [0.1, 0.15) is 5.82 Å². The minimum Gasteiger partial charge on any atom is -0.319 e. The van der Waals surface area contributed by atoms with Gasteiger partial charge >= 0.3 is 0 Å². The Labute approximate surface area is 161 Å². The summed E-state index contributed by atoms with van der Waals surface area (Å²) in [6, 6.07) is 15.9. The first kappa shape index (κ1) is 18.9. The quantitative estimate of drug-likeness (QED) is 0.574. The van der Waals surface area contributed by atoms with Gasteiger partial charge in [-0.1, -0.05) is 36.0 Å². The van der Waals surface area contributed by atoms with Crippen molar-refractivity contribution in [3.05, 3.63) is 54.3 Å². The van der Waals surface area contributed by atoms with Gasteiger partial charge in [-0.2, -0.15) is 5.26 Å². The van der Waals surface area contributed by atoms with Gasteiger partial charge in [-0.3, -0.25) is 4.79 Å².